The number of nitrogens with one attached hydrogen (secondary N) is 1. The van der Waals surface area contributed by atoms with E-state index in [1.54, 1.807) is 72.8 Å². The van der Waals surface area contributed by atoms with Gasteiger partial charge in [-0.3, -0.25) is 9.10 Å². The number of morpholine rings is 1. The number of sulfonamides is 1. The van der Waals surface area contributed by atoms with Gasteiger partial charge >= 0.3 is 0 Å². The van der Waals surface area contributed by atoms with Crippen LogP contribution in [0.1, 0.15) is 27.0 Å². The Hall–Kier alpha value is -3.85. The van der Waals surface area contributed by atoms with Gasteiger partial charge in [0.2, 0.25) is 0 Å². The van der Waals surface area contributed by atoms with Crippen LogP contribution in [0.15, 0.2) is 102 Å². The van der Waals surface area contributed by atoms with Crippen LogP contribution in [0.2, 0.25) is 5.02 Å². The molecule has 0 aliphatic carbocycles. The Morgan fingerprint density at radius 2 is 1.51 bits per heavy atom. The number of hydrogen-bond acceptors (Lipinski definition) is 5. The molecule has 1 amide bonds. The molecule has 4 aromatic carbocycles. The van der Waals surface area contributed by atoms with Crippen LogP contribution in [-0.4, -0.2) is 40.6 Å². The fourth-order valence-corrected chi connectivity index (χ4v) is 6.30. The molecule has 1 heterocycles. The van der Waals surface area contributed by atoms with E-state index in [2.05, 4.69) is 10.2 Å². The summed E-state index contributed by atoms with van der Waals surface area (Å²) in [4.78, 5) is 15.9. The lowest BCUT2D eigenvalue weighted by Crippen LogP contribution is -2.36. The molecule has 0 saturated carbocycles. The van der Waals surface area contributed by atoms with E-state index in [4.69, 9.17) is 16.3 Å². The molecule has 212 valence electrons. The molecule has 4 aromatic rings. The molecule has 1 fully saturated rings. The Morgan fingerprint density at radius 3 is 2.20 bits per heavy atom. The first-order valence-electron chi connectivity index (χ1n) is 13.4. The summed E-state index contributed by atoms with van der Waals surface area (Å²) in [6.07, 6.45) is 0. The van der Waals surface area contributed by atoms with Gasteiger partial charge < -0.3 is 15.0 Å². The second-order valence-corrected chi connectivity index (χ2v) is 12.2. The summed E-state index contributed by atoms with van der Waals surface area (Å²) < 4.78 is 34.7. The minimum atomic E-state index is -4.01. The average Bonchev–Trinajstić information content (AvgIpc) is 3.00. The standard InChI is InChI=1S/C32H32ClN3O4S/c1-24-6-16-29(17-7-24)41(38,39)36(23-26-8-12-27(33)13-9-26)31-5-3-2-4-30(31)32(37)34-22-25-10-14-28(15-11-25)35-18-20-40-21-19-35/h2-17H,18-23H2,1H3,(H,34,37). The van der Waals surface area contributed by atoms with E-state index < -0.39 is 10.0 Å². The first-order chi connectivity index (χ1) is 19.8. The quantitative estimate of drug-likeness (QED) is 0.266. The Labute approximate surface area is 246 Å². The molecule has 1 aliphatic heterocycles. The van der Waals surface area contributed by atoms with Gasteiger partial charge in [0.15, 0.2) is 0 Å². The van der Waals surface area contributed by atoms with Crippen LogP contribution < -0.4 is 14.5 Å². The third kappa shape index (κ3) is 6.90. The van der Waals surface area contributed by atoms with Crippen molar-refractivity contribution in [1.82, 2.24) is 5.32 Å². The smallest absolute Gasteiger partial charge is 0.264 e. The predicted molar refractivity (Wildman–Crippen MR) is 163 cm³/mol. The molecule has 9 heteroatoms. The Kier molecular flexibility index (Phi) is 8.93. The largest absolute Gasteiger partial charge is 0.378 e. The van der Waals surface area contributed by atoms with Gasteiger partial charge in [-0.15, -0.1) is 0 Å². The normalized spacial score (nSPS) is 13.6. The van der Waals surface area contributed by atoms with Crippen LogP contribution in [0.4, 0.5) is 11.4 Å². The predicted octanol–water partition coefficient (Wildman–Crippen LogP) is 5.81. The van der Waals surface area contributed by atoms with Crippen LogP contribution in [0.5, 0.6) is 0 Å². The number of aryl methyl sites for hydroxylation is 1. The van der Waals surface area contributed by atoms with E-state index in [0.29, 0.717) is 30.5 Å². The maximum Gasteiger partial charge on any atom is 0.264 e. The number of carbonyl (C=O) groups is 1. The Bertz CT molecular complexity index is 1590. The van der Waals surface area contributed by atoms with Crippen LogP contribution in [0.25, 0.3) is 0 Å². The van der Waals surface area contributed by atoms with Gasteiger partial charge in [0, 0.05) is 30.3 Å². The number of nitrogens with zero attached hydrogens (tertiary/aromatic N) is 2. The summed E-state index contributed by atoms with van der Waals surface area (Å²) in [5.74, 6) is -0.363. The zero-order chi connectivity index (χ0) is 28.8. The number of ether oxygens (including phenoxy) is 1. The number of carbonyl (C=O) groups excluding carboxylic acids is 1. The molecule has 5 rings (SSSR count). The number of para-hydroxylation sites is 1. The van der Waals surface area contributed by atoms with Crippen molar-refractivity contribution in [3.05, 3.63) is 124 Å². The van der Waals surface area contributed by atoms with Gasteiger partial charge in [-0.25, -0.2) is 8.42 Å². The number of anilines is 2. The van der Waals surface area contributed by atoms with Crippen molar-refractivity contribution in [2.75, 3.05) is 35.5 Å². The molecule has 0 aromatic heterocycles. The fraction of sp³-hybridized carbons (Fsp3) is 0.219. The molecule has 0 atom stereocenters. The minimum Gasteiger partial charge on any atom is -0.378 e. The topological polar surface area (TPSA) is 79.0 Å². The summed E-state index contributed by atoms with van der Waals surface area (Å²) in [6.45, 7) is 5.37. The summed E-state index contributed by atoms with van der Waals surface area (Å²) in [7, 11) is -4.01. The summed E-state index contributed by atoms with van der Waals surface area (Å²) >= 11 is 6.07. The Morgan fingerprint density at radius 1 is 0.878 bits per heavy atom. The number of benzene rings is 4. The number of hydrogen-bond donors (Lipinski definition) is 1. The average molecular weight is 590 g/mol. The molecular formula is C32H32ClN3O4S. The molecule has 1 saturated heterocycles. The van der Waals surface area contributed by atoms with Gasteiger partial charge in [0.05, 0.1) is 35.9 Å². The molecule has 0 spiro atoms. The number of rotatable bonds is 9. The second kappa shape index (κ2) is 12.8. The fourth-order valence-electron chi connectivity index (χ4n) is 4.70. The minimum absolute atomic E-state index is 0.0284. The molecule has 0 bridgehead atoms. The first kappa shape index (κ1) is 28.7. The zero-order valence-electron chi connectivity index (χ0n) is 22.8. The molecule has 1 N–H and O–H groups in total. The SMILES string of the molecule is Cc1ccc(S(=O)(=O)N(Cc2ccc(Cl)cc2)c2ccccc2C(=O)NCc2ccc(N3CCOCC3)cc2)cc1. The third-order valence-corrected chi connectivity index (χ3v) is 9.06. The van der Waals surface area contributed by atoms with Crippen molar-refractivity contribution in [3.63, 3.8) is 0 Å². The van der Waals surface area contributed by atoms with Gasteiger partial charge in [-0.1, -0.05) is 65.7 Å². The van der Waals surface area contributed by atoms with E-state index in [1.165, 1.54) is 4.31 Å². The summed E-state index contributed by atoms with van der Waals surface area (Å²) in [5, 5.41) is 3.52. The van der Waals surface area contributed by atoms with Gasteiger partial charge in [-0.2, -0.15) is 0 Å². The molecule has 0 unspecified atom stereocenters. The van der Waals surface area contributed by atoms with Crippen molar-refractivity contribution in [2.45, 2.75) is 24.9 Å². The lowest BCUT2D eigenvalue weighted by atomic mass is 10.1. The lowest BCUT2D eigenvalue weighted by molar-refractivity contribution is 0.0951. The second-order valence-electron chi connectivity index (χ2n) is 9.92. The van der Waals surface area contributed by atoms with E-state index in [1.807, 2.05) is 31.2 Å². The van der Waals surface area contributed by atoms with Crippen LogP contribution >= 0.6 is 11.6 Å². The van der Waals surface area contributed by atoms with Crippen molar-refractivity contribution < 1.29 is 17.9 Å². The molecule has 41 heavy (non-hydrogen) atoms. The third-order valence-electron chi connectivity index (χ3n) is 7.03. The first-order valence-corrected chi connectivity index (χ1v) is 15.3. The molecule has 7 nitrogen and oxygen atoms in total. The highest BCUT2D eigenvalue weighted by Crippen LogP contribution is 2.30. The summed E-state index contributed by atoms with van der Waals surface area (Å²) in [5.41, 5.74) is 4.31. The highest BCUT2D eigenvalue weighted by atomic mass is 35.5. The van der Waals surface area contributed by atoms with E-state index in [9.17, 15) is 13.2 Å². The van der Waals surface area contributed by atoms with Crippen molar-refractivity contribution in [2.24, 2.45) is 0 Å². The van der Waals surface area contributed by atoms with Crippen LogP contribution in [0, 0.1) is 6.92 Å². The van der Waals surface area contributed by atoms with Crippen LogP contribution in [-0.2, 0) is 27.8 Å². The molecular weight excluding hydrogens is 558 g/mol. The van der Waals surface area contributed by atoms with Crippen LogP contribution in [0.3, 0.4) is 0 Å². The highest BCUT2D eigenvalue weighted by molar-refractivity contribution is 7.92. The molecule has 0 radical (unpaired) electrons. The summed E-state index contributed by atoms with van der Waals surface area (Å²) in [6, 6.07) is 28.5. The Balaban J connectivity index is 1.40. The van der Waals surface area contributed by atoms with Gasteiger partial charge in [0.25, 0.3) is 15.9 Å². The zero-order valence-corrected chi connectivity index (χ0v) is 24.4. The number of halogens is 1. The highest BCUT2D eigenvalue weighted by Gasteiger charge is 2.28. The van der Waals surface area contributed by atoms with Crippen molar-refractivity contribution in [1.29, 1.82) is 0 Å². The lowest BCUT2D eigenvalue weighted by Gasteiger charge is -2.29. The maximum absolute atomic E-state index is 14.0. The van der Waals surface area contributed by atoms with E-state index in [-0.39, 0.29) is 22.9 Å². The monoisotopic (exact) mass is 589 g/mol. The van der Waals surface area contributed by atoms with Crippen molar-refractivity contribution >= 4 is 38.9 Å². The van der Waals surface area contributed by atoms with E-state index >= 15 is 0 Å². The maximum atomic E-state index is 14.0. The van der Waals surface area contributed by atoms with Gasteiger partial charge in [0.1, 0.15) is 0 Å². The molecule has 1 aliphatic rings. The van der Waals surface area contributed by atoms with Crippen molar-refractivity contribution in [3.8, 4) is 0 Å². The van der Waals surface area contributed by atoms with E-state index in [0.717, 1.165) is 35.5 Å². The van der Waals surface area contributed by atoms with Gasteiger partial charge in [-0.05, 0) is 66.6 Å². The number of amides is 1.